The molecular formula is C22H21F3N2O2. The number of halogens is 3. The summed E-state index contributed by atoms with van der Waals surface area (Å²) in [6.07, 6.45) is 0.357. The molecule has 0 atom stereocenters. The van der Waals surface area contributed by atoms with Crippen molar-refractivity contribution in [2.45, 2.75) is 38.3 Å². The Bertz CT molecular complexity index is 932. The number of alkyl halides is 3. The van der Waals surface area contributed by atoms with Crippen molar-refractivity contribution in [3.05, 3.63) is 59.2 Å². The number of nitrogens with zero attached hydrogens (tertiary/aromatic N) is 1. The lowest BCUT2D eigenvalue weighted by Gasteiger charge is -2.21. The first kappa shape index (κ1) is 19.5. The Balaban J connectivity index is 1.49. The highest BCUT2D eigenvalue weighted by molar-refractivity contribution is 6.05. The van der Waals surface area contributed by atoms with Gasteiger partial charge in [-0.05, 0) is 61.2 Å². The van der Waals surface area contributed by atoms with E-state index in [1.807, 2.05) is 6.07 Å². The molecule has 2 aliphatic rings. The summed E-state index contributed by atoms with van der Waals surface area (Å²) in [4.78, 5) is 27.1. The van der Waals surface area contributed by atoms with Crippen LogP contribution in [-0.4, -0.2) is 18.4 Å². The molecule has 0 aromatic heterocycles. The topological polar surface area (TPSA) is 49.4 Å². The smallest absolute Gasteiger partial charge is 0.322 e. The van der Waals surface area contributed by atoms with Gasteiger partial charge in [0.25, 0.3) is 5.91 Å². The van der Waals surface area contributed by atoms with Crippen LogP contribution in [0, 0.1) is 5.92 Å². The lowest BCUT2D eigenvalue weighted by atomic mass is 10.1. The molecule has 0 radical (unpaired) electrons. The van der Waals surface area contributed by atoms with Gasteiger partial charge >= 0.3 is 6.18 Å². The molecule has 0 spiro atoms. The third kappa shape index (κ3) is 3.99. The van der Waals surface area contributed by atoms with Crippen molar-refractivity contribution < 1.29 is 22.8 Å². The van der Waals surface area contributed by atoms with Gasteiger partial charge in [-0.15, -0.1) is 0 Å². The molecule has 0 unspecified atom stereocenters. The number of amides is 2. The second-order valence-corrected chi connectivity index (χ2v) is 7.59. The second kappa shape index (κ2) is 7.54. The monoisotopic (exact) mass is 402 g/mol. The van der Waals surface area contributed by atoms with E-state index in [4.69, 9.17) is 0 Å². The van der Waals surface area contributed by atoms with E-state index < -0.39 is 17.6 Å². The summed E-state index contributed by atoms with van der Waals surface area (Å²) < 4.78 is 38.0. The molecule has 2 aromatic carbocycles. The van der Waals surface area contributed by atoms with E-state index in [0.717, 1.165) is 67.6 Å². The molecule has 1 saturated carbocycles. The molecule has 152 valence electrons. The molecule has 1 aliphatic carbocycles. The predicted molar refractivity (Wildman–Crippen MR) is 104 cm³/mol. The van der Waals surface area contributed by atoms with Gasteiger partial charge in [-0.25, -0.2) is 0 Å². The van der Waals surface area contributed by atoms with Crippen LogP contribution in [0.3, 0.4) is 0 Å². The molecule has 4 rings (SSSR count). The average molecular weight is 402 g/mol. The highest BCUT2D eigenvalue weighted by atomic mass is 19.4. The standard InChI is InChI=1S/C22H21F3N2O2/c23-22(24,25)17-8-5-15(6-9-17)20(28)26-18-10-7-14-11-12-27(19(14)13-18)21(29)16-3-1-2-4-16/h5-10,13,16H,1-4,11-12H2,(H,26,28). The Morgan fingerprint density at radius 1 is 1.00 bits per heavy atom. The first-order valence-corrected chi connectivity index (χ1v) is 9.76. The van der Waals surface area contributed by atoms with E-state index in [1.54, 1.807) is 17.0 Å². The van der Waals surface area contributed by atoms with Gasteiger partial charge in [0.15, 0.2) is 0 Å². The summed E-state index contributed by atoms with van der Waals surface area (Å²) in [5.74, 6) is -0.274. The molecule has 0 bridgehead atoms. The number of anilines is 2. The minimum atomic E-state index is -4.44. The summed E-state index contributed by atoms with van der Waals surface area (Å²) >= 11 is 0. The Morgan fingerprint density at radius 3 is 2.34 bits per heavy atom. The van der Waals surface area contributed by atoms with E-state index in [0.29, 0.717) is 12.2 Å². The Labute approximate surface area is 166 Å². The van der Waals surface area contributed by atoms with Crippen LogP contribution in [0.2, 0.25) is 0 Å². The number of rotatable bonds is 3. The molecule has 1 heterocycles. The number of carbonyl (C=O) groups excluding carboxylic acids is 2. The average Bonchev–Trinajstić information content (AvgIpc) is 3.37. The van der Waals surface area contributed by atoms with Crippen LogP contribution < -0.4 is 10.2 Å². The van der Waals surface area contributed by atoms with Crippen LogP contribution in [0.1, 0.15) is 47.2 Å². The first-order valence-electron chi connectivity index (χ1n) is 9.76. The molecule has 2 aromatic rings. The van der Waals surface area contributed by atoms with Crippen molar-refractivity contribution in [3.8, 4) is 0 Å². The maximum atomic E-state index is 12.8. The molecule has 1 fully saturated rings. The largest absolute Gasteiger partial charge is 0.416 e. The van der Waals surface area contributed by atoms with E-state index >= 15 is 0 Å². The third-order valence-corrected chi connectivity index (χ3v) is 5.68. The van der Waals surface area contributed by atoms with Crippen LogP contribution >= 0.6 is 0 Å². The number of benzene rings is 2. The number of nitrogens with one attached hydrogen (secondary N) is 1. The van der Waals surface area contributed by atoms with Crippen LogP contribution in [0.5, 0.6) is 0 Å². The van der Waals surface area contributed by atoms with Gasteiger partial charge in [-0.2, -0.15) is 13.2 Å². The highest BCUT2D eigenvalue weighted by Crippen LogP contribution is 2.35. The number of carbonyl (C=O) groups is 2. The zero-order valence-electron chi connectivity index (χ0n) is 15.8. The van der Waals surface area contributed by atoms with Crippen molar-refractivity contribution >= 4 is 23.2 Å². The zero-order chi connectivity index (χ0) is 20.6. The van der Waals surface area contributed by atoms with Gasteiger partial charge in [0.2, 0.25) is 5.91 Å². The van der Waals surface area contributed by atoms with Gasteiger partial charge in [0.1, 0.15) is 0 Å². The van der Waals surface area contributed by atoms with E-state index in [-0.39, 0.29) is 17.4 Å². The fourth-order valence-corrected chi connectivity index (χ4v) is 4.09. The molecule has 1 N–H and O–H groups in total. The van der Waals surface area contributed by atoms with Crippen molar-refractivity contribution in [2.75, 3.05) is 16.8 Å². The van der Waals surface area contributed by atoms with Crippen LogP contribution in [0.15, 0.2) is 42.5 Å². The summed E-state index contributed by atoms with van der Waals surface area (Å²) in [5.41, 5.74) is 1.72. The van der Waals surface area contributed by atoms with E-state index in [1.165, 1.54) is 0 Å². The maximum Gasteiger partial charge on any atom is 0.416 e. The Morgan fingerprint density at radius 2 is 1.69 bits per heavy atom. The lowest BCUT2D eigenvalue weighted by molar-refractivity contribution is -0.137. The number of fused-ring (bicyclic) bond motifs is 1. The summed E-state index contributed by atoms with van der Waals surface area (Å²) in [6, 6.07) is 9.50. The summed E-state index contributed by atoms with van der Waals surface area (Å²) in [5, 5.41) is 2.72. The van der Waals surface area contributed by atoms with Crippen LogP contribution in [-0.2, 0) is 17.4 Å². The van der Waals surface area contributed by atoms with Gasteiger partial charge in [-0.1, -0.05) is 18.9 Å². The lowest BCUT2D eigenvalue weighted by Crippen LogP contribution is -2.33. The summed E-state index contributed by atoms with van der Waals surface area (Å²) in [7, 11) is 0. The normalized spacial score (nSPS) is 16.7. The second-order valence-electron chi connectivity index (χ2n) is 7.59. The van der Waals surface area contributed by atoms with Crippen molar-refractivity contribution in [1.82, 2.24) is 0 Å². The fourth-order valence-electron chi connectivity index (χ4n) is 4.09. The van der Waals surface area contributed by atoms with Crippen LogP contribution in [0.4, 0.5) is 24.5 Å². The van der Waals surface area contributed by atoms with Crippen molar-refractivity contribution in [1.29, 1.82) is 0 Å². The molecule has 0 saturated heterocycles. The van der Waals surface area contributed by atoms with E-state index in [2.05, 4.69) is 5.32 Å². The minimum Gasteiger partial charge on any atom is -0.322 e. The van der Waals surface area contributed by atoms with Crippen molar-refractivity contribution in [2.24, 2.45) is 5.92 Å². The molecule has 4 nitrogen and oxygen atoms in total. The molecular weight excluding hydrogens is 381 g/mol. The zero-order valence-corrected chi connectivity index (χ0v) is 15.8. The molecule has 1 aliphatic heterocycles. The molecule has 2 amide bonds. The number of hydrogen-bond donors (Lipinski definition) is 1. The van der Waals surface area contributed by atoms with Gasteiger partial charge in [0.05, 0.1) is 5.56 Å². The van der Waals surface area contributed by atoms with Gasteiger partial charge in [-0.3, -0.25) is 9.59 Å². The maximum absolute atomic E-state index is 12.8. The number of hydrogen-bond acceptors (Lipinski definition) is 2. The van der Waals surface area contributed by atoms with Gasteiger partial charge in [0, 0.05) is 29.4 Å². The van der Waals surface area contributed by atoms with Gasteiger partial charge < -0.3 is 10.2 Å². The molecule has 29 heavy (non-hydrogen) atoms. The quantitative estimate of drug-likeness (QED) is 0.782. The van der Waals surface area contributed by atoms with E-state index in [9.17, 15) is 22.8 Å². The minimum absolute atomic E-state index is 0.0753. The summed E-state index contributed by atoms with van der Waals surface area (Å²) in [6.45, 7) is 0.640. The Kier molecular flexibility index (Phi) is 5.06. The fraction of sp³-hybridized carbons (Fsp3) is 0.364. The SMILES string of the molecule is O=C(Nc1ccc2c(c1)N(C(=O)C1CCCC1)CC2)c1ccc(C(F)(F)F)cc1. The highest BCUT2D eigenvalue weighted by Gasteiger charge is 2.32. The van der Waals surface area contributed by atoms with Crippen molar-refractivity contribution in [3.63, 3.8) is 0 Å². The third-order valence-electron chi connectivity index (χ3n) is 5.68. The molecule has 7 heteroatoms. The van der Waals surface area contributed by atoms with Crippen LogP contribution in [0.25, 0.3) is 0 Å². The predicted octanol–water partition coefficient (Wildman–Crippen LogP) is 5.04. The Hall–Kier alpha value is -2.83. The first-order chi connectivity index (χ1) is 13.8.